The van der Waals surface area contributed by atoms with Gasteiger partial charge >= 0.3 is 24.3 Å². The molecule has 1 fully saturated rings. The number of nitrogens with two attached hydrogens (primary N) is 1. The lowest BCUT2D eigenvalue weighted by Crippen LogP contribution is -2.50. The van der Waals surface area contributed by atoms with Crippen LogP contribution < -0.4 is 27.0 Å². The molecule has 9 N–H and O–H groups in total. The van der Waals surface area contributed by atoms with E-state index in [9.17, 15) is 35.9 Å². The zero-order valence-corrected chi connectivity index (χ0v) is 26.0. The fourth-order valence-electron chi connectivity index (χ4n) is 4.30. The van der Waals surface area contributed by atoms with Gasteiger partial charge in [0.25, 0.3) is 0 Å². The molecule has 1 aromatic carbocycles. The fraction of sp³-hybridized carbons (Fsp3) is 0.536. The Hall–Kier alpha value is -4.91. The first kappa shape index (κ1) is 41.1. The summed E-state index contributed by atoms with van der Waals surface area (Å²) < 4.78 is 63.5. The van der Waals surface area contributed by atoms with Crippen LogP contribution >= 0.6 is 0 Å². The lowest BCUT2D eigenvalue weighted by Gasteiger charge is -2.33. The third kappa shape index (κ3) is 16.1. The molecule has 48 heavy (non-hydrogen) atoms. The molecule has 2 atom stereocenters. The number of halogens is 6. The van der Waals surface area contributed by atoms with Crippen LogP contribution in [0.5, 0.6) is 0 Å². The number of carbonyl (C=O) groups excluding carboxylic acids is 2. The van der Waals surface area contributed by atoms with Crippen molar-refractivity contribution in [3.8, 4) is 0 Å². The molecule has 20 heteroatoms. The predicted molar refractivity (Wildman–Crippen MR) is 162 cm³/mol. The number of nitrogens with zero attached hydrogens (tertiary/aromatic N) is 2. The second-order valence-corrected chi connectivity index (χ2v) is 10.6. The molecule has 1 heterocycles. The molecule has 0 bridgehead atoms. The van der Waals surface area contributed by atoms with Gasteiger partial charge in [-0.1, -0.05) is 30.9 Å². The number of aliphatic carboxylic acids is 2. The Labute approximate surface area is 270 Å². The van der Waals surface area contributed by atoms with Gasteiger partial charge in [-0.2, -0.15) is 31.3 Å². The minimum atomic E-state index is -5.08. The SMILES string of the molecule is CC(=O)NCCCCCC(=O)Nc1nc(NC2CCCCC2NC(=N)N)c2cc(C)ccc2n1.O=C(O)C(F)(F)F.O=C(O)C(F)(F)F. The summed E-state index contributed by atoms with van der Waals surface area (Å²) in [7, 11) is 0. The van der Waals surface area contributed by atoms with Crippen LogP contribution in [0.4, 0.5) is 38.1 Å². The molecule has 0 radical (unpaired) electrons. The van der Waals surface area contributed by atoms with Crippen LogP contribution in [0.1, 0.15) is 63.9 Å². The van der Waals surface area contributed by atoms with Crippen molar-refractivity contribution in [2.75, 3.05) is 17.2 Å². The molecule has 1 saturated carbocycles. The number of anilines is 2. The number of nitrogens with one attached hydrogen (secondary N) is 5. The summed E-state index contributed by atoms with van der Waals surface area (Å²) in [4.78, 5) is 50.4. The number of aryl methyl sites for hydroxylation is 1. The second kappa shape index (κ2) is 19.0. The number of carboxylic acids is 2. The van der Waals surface area contributed by atoms with E-state index in [0.717, 1.165) is 61.4 Å². The Morgan fingerprint density at radius 1 is 0.938 bits per heavy atom. The van der Waals surface area contributed by atoms with E-state index in [1.165, 1.54) is 6.92 Å². The van der Waals surface area contributed by atoms with Gasteiger partial charge in [-0.15, -0.1) is 0 Å². The first-order chi connectivity index (χ1) is 22.2. The Balaban J connectivity index is 0.000000687. The van der Waals surface area contributed by atoms with E-state index in [-0.39, 0.29) is 35.8 Å². The zero-order chi connectivity index (χ0) is 36.7. The molecular weight excluding hydrogens is 658 g/mol. The molecule has 2 unspecified atom stereocenters. The van der Waals surface area contributed by atoms with E-state index >= 15 is 0 Å². The third-order valence-corrected chi connectivity index (χ3v) is 6.47. The van der Waals surface area contributed by atoms with Crippen LogP contribution in [0.15, 0.2) is 18.2 Å². The van der Waals surface area contributed by atoms with Crippen LogP contribution in [0, 0.1) is 12.3 Å². The van der Waals surface area contributed by atoms with Crippen molar-refractivity contribution in [1.29, 1.82) is 5.41 Å². The highest BCUT2D eigenvalue weighted by Gasteiger charge is 2.39. The normalized spacial score (nSPS) is 15.8. The maximum absolute atomic E-state index is 12.5. The molecule has 1 aromatic heterocycles. The Morgan fingerprint density at radius 2 is 1.50 bits per heavy atom. The summed E-state index contributed by atoms with van der Waals surface area (Å²) in [6.45, 7) is 4.14. The average Bonchev–Trinajstić information content (AvgIpc) is 2.95. The van der Waals surface area contributed by atoms with Gasteiger partial charge in [0.15, 0.2) is 5.96 Å². The first-order valence-electron chi connectivity index (χ1n) is 14.5. The number of guanidine groups is 1. The van der Waals surface area contributed by atoms with Crippen LogP contribution in [0.25, 0.3) is 10.9 Å². The van der Waals surface area contributed by atoms with Crippen LogP contribution in [-0.2, 0) is 19.2 Å². The number of hydrogen-bond donors (Lipinski definition) is 8. The highest BCUT2D eigenvalue weighted by Crippen LogP contribution is 2.28. The molecule has 0 saturated heterocycles. The van der Waals surface area contributed by atoms with E-state index in [2.05, 4.69) is 31.2 Å². The van der Waals surface area contributed by atoms with E-state index < -0.39 is 24.3 Å². The number of alkyl halides is 6. The quantitative estimate of drug-likeness (QED) is 0.0764. The number of amides is 2. The topological polar surface area (TPSA) is 233 Å². The molecule has 1 aliphatic carbocycles. The van der Waals surface area contributed by atoms with Gasteiger partial charge < -0.3 is 31.9 Å². The van der Waals surface area contributed by atoms with E-state index in [4.69, 9.17) is 30.9 Å². The van der Waals surface area contributed by atoms with Gasteiger partial charge in [-0.25, -0.2) is 14.6 Å². The van der Waals surface area contributed by atoms with Crippen molar-refractivity contribution in [3.05, 3.63) is 23.8 Å². The van der Waals surface area contributed by atoms with Gasteiger partial charge in [-0.05, 0) is 44.7 Å². The van der Waals surface area contributed by atoms with Crippen molar-refractivity contribution in [3.63, 3.8) is 0 Å². The lowest BCUT2D eigenvalue weighted by molar-refractivity contribution is -0.193. The summed E-state index contributed by atoms with van der Waals surface area (Å²) in [6.07, 6.45) is -3.36. The molecular formula is C28H38F6N8O6. The number of aromatic nitrogens is 2. The highest BCUT2D eigenvalue weighted by molar-refractivity contribution is 5.94. The number of fused-ring (bicyclic) bond motifs is 1. The van der Waals surface area contributed by atoms with Gasteiger partial charge in [0, 0.05) is 37.4 Å². The minimum absolute atomic E-state index is 0.0351. The molecule has 0 aliphatic heterocycles. The number of carbonyl (C=O) groups is 4. The summed E-state index contributed by atoms with van der Waals surface area (Å²) in [5.74, 6) is -4.78. The predicted octanol–water partition coefficient (Wildman–Crippen LogP) is 4.05. The third-order valence-electron chi connectivity index (χ3n) is 6.47. The second-order valence-electron chi connectivity index (χ2n) is 10.6. The largest absolute Gasteiger partial charge is 0.490 e. The van der Waals surface area contributed by atoms with Crippen LogP contribution in [0.3, 0.4) is 0 Å². The maximum Gasteiger partial charge on any atom is 0.490 e. The summed E-state index contributed by atoms with van der Waals surface area (Å²) >= 11 is 0. The van der Waals surface area contributed by atoms with Gasteiger partial charge in [0.2, 0.25) is 17.8 Å². The molecule has 3 rings (SSSR count). The van der Waals surface area contributed by atoms with E-state index in [1.54, 1.807) is 0 Å². The number of benzene rings is 1. The van der Waals surface area contributed by atoms with Crippen molar-refractivity contribution in [1.82, 2.24) is 20.6 Å². The number of unbranched alkanes of at least 4 members (excludes halogenated alkanes) is 2. The average molecular weight is 697 g/mol. The van der Waals surface area contributed by atoms with Crippen molar-refractivity contribution < 1.29 is 55.7 Å². The highest BCUT2D eigenvalue weighted by atomic mass is 19.4. The van der Waals surface area contributed by atoms with Gasteiger partial charge in [0.1, 0.15) is 5.82 Å². The van der Waals surface area contributed by atoms with Gasteiger partial charge in [-0.3, -0.25) is 20.3 Å². The van der Waals surface area contributed by atoms with Crippen molar-refractivity contribution >= 4 is 52.4 Å². The van der Waals surface area contributed by atoms with Crippen molar-refractivity contribution in [2.24, 2.45) is 5.73 Å². The standard InChI is InChI=1S/C24H36N8O2.2C2HF3O2/c1-15-11-12-18-17(14-15)22(28-19-8-5-6-9-20(19)29-23(25)26)32-24(30-18)31-21(34)10-4-3-7-13-27-16(2)33;2*3-2(4,5)1(6)7/h11-12,14,19-20H,3-10,13H2,1-2H3,(H,27,33)(H4,25,26,29)(H2,28,30,31,32,34);2*(H,6,7). The molecule has 0 spiro atoms. The lowest BCUT2D eigenvalue weighted by atomic mass is 9.90. The number of hydrogen-bond acceptors (Lipinski definition) is 8. The zero-order valence-electron chi connectivity index (χ0n) is 26.0. The summed E-state index contributed by atoms with van der Waals surface area (Å²) in [5.41, 5.74) is 7.45. The Bertz CT molecular complexity index is 1400. The first-order valence-corrected chi connectivity index (χ1v) is 14.5. The van der Waals surface area contributed by atoms with E-state index in [0.29, 0.717) is 18.8 Å². The number of carboxylic acid groups (broad SMARTS) is 2. The summed E-state index contributed by atoms with van der Waals surface area (Å²) in [5, 5.41) is 35.0. The molecule has 14 nitrogen and oxygen atoms in total. The van der Waals surface area contributed by atoms with Crippen LogP contribution in [0.2, 0.25) is 0 Å². The van der Waals surface area contributed by atoms with Crippen molar-refractivity contribution in [2.45, 2.75) is 89.7 Å². The van der Waals surface area contributed by atoms with Crippen LogP contribution in [-0.4, -0.2) is 80.9 Å². The molecule has 2 aromatic rings. The minimum Gasteiger partial charge on any atom is -0.475 e. The van der Waals surface area contributed by atoms with Gasteiger partial charge in [0.05, 0.1) is 5.52 Å². The smallest absolute Gasteiger partial charge is 0.475 e. The molecule has 2 amide bonds. The molecule has 268 valence electrons. The Morgan fingerprint density at radius 3 is 2.02 bits per heavy atom. The number of rotatable bonds is 10. The maximum atomic E-state index is 12.5. The summed E-state index contributed by atoms with van der Waals surface area (Å²) in [6, 6.07) is 6.05. The fourth-order valence-corrected chi connectivity index (χ4v) is 4.30. The van der Waals surface area contributed by atoms with E-state index in [1.807, 2.05) is 25.1 Å². The Kier molecular flexibility index (Phi) is 16.3. The molecule has 1 aliphatic rings. The monoisotopic (exact) mass is 696 g/mol.